The molecular weight excluding hydrogens is 382 g/mol. The molecule has 31 heavy (non-hydrogen) atoms. The van der Waals surface area contributed by atoms with Crippen molar-refractivity contribution in [3.05, 3.63) is 52.8 Å². The lowest BCUT2D eigenvalue weighted by Crippen LogP contribution is -2.44. The van der Waals surface area contributed by atoms with Crippen molar-refractivity contribution in [1.82, 2.24) is 14.8 Å². The minimum atomic E-state index is 0.0337. The first-order valence-electron chi connectivity index (χ1n) is 12.3. The number of hydrogen-bond donors (Lipinski definition) is 1. The molecule has 1 amide bonds. The lowest BCUT2D eigenvalue weighted by atomic mass is 9.89. The molecule has 1 aromatic heterocycles. The van der Waals surface area contributed by atoms with Crippen LogP contribution in [-0.4, -0.2) is 40.5 Å². The second-order valence-corrected chi connectivity index (χ2v) is 9.96. The third-order valence-electron chi connectivity index (χ3n) is 7.46. The summed E-state index contributed by atoms with van der Waals surface area (Å²) in [5.74, 6) is 0.807. The molecule has 1 fully saturated rings. The Hall–Kier alpha value is -2.07. The molecule has 4 nitrogen and oxygen atoms in total. The molecule has 1 aliphatic carbocycles. The fraction of sp³-hybridized carbons (Fsp3) is 0.593. The van der Waals surface area contributed by atoms with Crippen molar-refractivity contribution in [3.63, 3.8) is 0 Å². The van der Waals surface area contributed by atoms with Crippen molar-refractivity contribution in [2.45, 2.75) is 84.7 Å². The Morgan fingerprint density at radius 2 is 1.77 bits per heavy atom. The first kappa shape index (κ1) is 22.1. The first-order valence-corrected chi connectivity index (χ1v) is 12.3. The van der Waals surface area contributed by atoms with Crippen molar-refractivity contribution < 1.29 is 4.79 Å². The highest BCUT2D eigenvalue weighted by Gasteiger charge is 2.24. The van der Waals surface area contributed by atoms with Crippen LogP contribution in [0, 0.1) is 12.8 Å². The summed E-state index contributed by atoms with van der Waals surface area (Å²) in [5.41, 5.74) is 6.15. The Morgan fingerprint density at radius 1 is 1.06 bits per heavy atom. The standard InChI is InChI=1S/C27H39N3O/c1-19-9-14-26-24(17-19)18-22(4)30(26)25-12-10-23(11-13-25)27(31)28-15-6-16-29-20(2)7-5-8-21(29)3/h10-13,18-21H,5-9,14-17H2,1-4H3,(H,28,31)/t19-,20-,21-/m1/s1. The van der Waals surface area contributed by atoms with E-state index in [-0.39, 0.29) is 5.91 Å². The summed E-state index contributed by atoms with van der Waals surface area (Å²) < 4.78 is 2.38. The van der Waals surface area contributed by atoms with E-state index in [0.717, 1.165) is 43.1 Å². The predicted molar refractivity (Wildman–Crippen MR) is 128 cm³/mol. The van der Waals surface area contributed by atoms with Crippen LogP contribution < -0.4 is 5.32 Å². The number of nitrogens with one attached hydrogen (secondary N) is 1. The minimum Gasteiger partial charge on any atom is -0.352 e. The summed E-state index contributed by atoms with van der Waals surface area (Å²) in [6.45, 7) is 11.0. The first-order chi connectivity index (χ1) is 14.9. The second-order valence-electron chi connectivity index (χ2n) is 9.96. The number of rotatable bonds is 6. The number of nitrogens with zero attached hydrogens (tertiary/aromatic N) is 2. The van der Waals surface area contributed by atoms with Crippen molar-refractivity contribution >= 4 is 5.91 Å². The number of carbonyl (C=O) groups excluding carboxylic acids is 1. The van der Waals surface area contributed by atoms with Crippen molar-refractivity contribution in [2.24, 2.45) is 5.92 Å². The Labute approximate surface area is 188 Å². The van der Waals surface area contributed by atoms with Crippen molar-refractivity contribution in [3.8, 4) is 5.69 Å². The lowest BCUT2D eigenvalue weighted by molar-refractivity contribution is 0.0925. The largest absolute Gasteiger partial charge is 0.352 e. The van der Waals surface area contributed by atoms with Crippen LogP contribution in [0.2, 0.25) is 0 Å². The molecule has 1 saturated heterocycles. The summed E-state index contributed by atoms with van der Waals surface area (Å²) in [4.78, 5) is 15.2. The van der Waals surface area contributed by atoms with Gasteiger partial charge in [-0.05, 0) is 101 Å². The van der Waals surface area contributed by atoms with Gasteiger partial charge in [-0.15, -0.1) is 0 Å². The van der Waals surface area contributed by atoms with Gasteiger partial charge in [0.1, 0.15) is 0 Å². The molecule has 1 aliphatic heterocycles. The fourth-order valence-electron chi connectivity index (χ4n) is 5.67. The van der Waals surface area contributed by atoms with E-state index in [1.807, 2.05) is 12.1 Å². The summed E-state index contributed by atoms with van der Waals surface area (Å²) in [6, 6.07) is 11.8. The molecular formula is C27H39N3O. The number of aryl methyl sites for hydroxylation is 1. The van der Waals surface area contributed by atoms with Gasteiger partial charge >= 0.3 is 0 Å². The molecule has 168 valence electrons. The summed E-state index contributed by atoms with van der Waals surface area (Å²) in [5, 5.41) is 3.12. The zero-order valence-electron chi connectivity index (χ0n) is 19.8. The maximum Gasteiger partial charge on any atom is 0.251 e. The molecule has 4 rings (SSSR count). The Kier molecular flexibility index (Phi) is 6.86. The molecule has 4 heteroatoms. The van der Waals surface area contributed by atoms with Gasteiger partial charge in [0.15, 0.2) is 0 Å². The highest BCUT2D eigenvalue weighted by molar-refractivity contribution is 5.94. The normalized spacial score (nSPS) is 24.1. The molecule has 2 aromatic rings. The predicted octanol–water partition coefficient (Wildman–Crippen LogP) is 5.29. The molecule has 2 heterocycles. The van der Waals surface area contributed by atoms with Gasteiger partial charge in [0.25, 0.3) is 5.91 Å². The van der Waals surface area contributed by atoms with Crippen LogP contribution in [0.25, 0.3) is 5.69 Å². The van der Waals surface area contributed by atoms with E-state index in [4.69, 9.17) is 0 Å². The Morgan fingerprint density at radius 3 is 2.48 bits per heavy atom. The average Bonchev–Trinajstić information content (AvgIpc) is 3.07. The Balaban J connectivity index is 1.33. The zero-order valence-corrected chi connectivity index (χ0v) is 19.8. The number of likely N-dealkylation sites (tertiary alicyclic amines) is 1. The molecule has 1 N–H and O–H groups in total. The fourth-order valence-corrected chi connectivity index (χ4v) is 5.67. The molecule has 0 spiro atoms. The number of piperidine rings is 1. The summed E-state index contributed by atoms with van der Waals surface area (Å²) in [7, 11) is 0. The van der Waals surface area contributed by atoms with Crippen LogP contribution in [0.1, 0.15) is 80.2 Å². The summed E-state index contributed by atoms with van der Waals surface area (Å²) in [6.07, 6.45) is 8.52. The SMILES string of the molecule is Cc1cc2c(n1-c1ccc(C(=O)NCCCN3[C@H](C)CCC[C@H]3C)cc1)CC[C@@H](C)C2. The average molecular weight is 422 g/mol. The van der Waals surface area contributed by atoms with E-state index >= 15 is 0 Å². The molecule has 3 atom stereocenters. The zero-order chi connectivity index (χ0) is 22.0. The molecule has 0 saturated carbocycles. The van der Waals surface area contributed by atoms with Gasteiger partial charge < -0.3 is 9.88 Å². The van der Waals surface area contributed by atoms with E-state index < -0.39 is 0 Å². The number of fused-ring (bicyclic) bond motifs is 1. The van der Waals surface area contributed by atoms with Gasteiger partial charge in [-0.1, -0.05) is 13.3 Å². The van der Waals surface area contributed by atoms with Crippen LogP contribution in [0.5, 0.6) is 0 Å². The van der Waals surface area contributed by atoms with Crippen LogP contribution in [0.4, 0.5) is 0 Å². The number of benzene rings is 1. The number of carbonyl (C=O) groups is 1. The number of amides is 1. The van der Waals surface area contributed by atoms with Gasteiger partial charge in [-0.3, -0.25) is 9.69 Å². The van der Waals surface area contributed by atoms with Gasteiger partial charge in [0.2, 0.25) is 0 Å². The van der Waals surface area contributed by atoms with Gasteiger partial charge in [-0.2, -0.15) is 0 Å². The topological polar surface area (TPSA) is 37.3 Å². The van der Waals surface area contributed by atoms with E-state index in [2.05, 4.69) is 60.7 Å². The van der Waals surface area contributed by atoms with Crippen LogP contribution in [0.3, 0.4) is 0 Å². The van der Waals surface area contributed by atoms with E-state index in [0.29, 0.717) is 12.1 Å². The van der Waals surface area contributed by atoms with Crippen molar-refractivity contribution in [1.29, 1.82) is 0 Å². The molecule has 0 unspecified atom stereocenters. The maximum atomic E-state index is 12.6. The van der Waals surface area contributed by atoms with Crippen LogP contribution in [-0.2, 0) is 12.8 Å². The third kappa shape index (κ3) is 4.90. The smallest absolute Gasteiger partial charge is 0.251 e. The van der Waals surface area contributed by atoms with Gasteiger partial charge in [0.05, 0.1) is 0 Å². The quantitative estimate of drug-likeness (QED) is 0.643. The second kappa shape index (κ2) is 9.60. The molecule has 0 radical (unpaired) electrons. The summed E-state index contributed by atoms with van der Waals surface area (Å²) >= 11 is 0. The highest BCUT2D eigenvalue weighted by atomic mass is 16.1. The van der Waals surface area contributed by atoms with E-state index in [1.54, 1.807) is 0 Å². The van der Waals surface area contributed by atoms with E-state index in [1.165, 1.54) is 49.1 Å². The molecule has 2 aliphatic rings. The van der Waals surface area contributed by atoms with Crippen LogP contribution in [0.15, 0.2) is 30.3 Å². The number of hydrogen-bond acceptors (Lipinski definition) is 2. The van der Waals surface area contributed by atoms with Gasteiger partial charge in [0, 0.05) is 47.8 Å². The monoisotopic (exact) mass is 421 g/mol. The van der Waals surface area contributed by atoms with E-state index in [9.17, 15) is 4.79 Å². The molecule has 0 bridgehead atoms. The van der Waals surface area contributed by atoms with Crippen LogP contribution >= 0.6 is 0 Å². The van der Waals surface area contributed by atoms with Crippen molar-refractivity contribution in [2.75, 3.05) is 13.1 Å². The third-order valence-corrected chi connectivity index (χ3v) is 7.46. The lowest BCUT2D eigenvalue weighted by Gasteiger charge is -2.39. The minimum absolute atomic E-state index is 0.0337. The van der Waals surface area contributed by atoms with Gasteiger partial charge in [-0.25, -0.2) is 0 Å². The Bertz CT molecular complexity index is 888. The highest BCUT2D eigenvalue weighted by Crippen LogP contribution is 2.30. The maximum absolute atomic E-state index is 12.6. The number of aromatic nitrogens is 1. The molecule has 1 aromatic carbocycles.